The standard InChI is InChI=1S/C17H29N3/c1-2-16(14-8-4-3-5-9-14)20-13-18-12-17(20)15-10-6-7-11-19-15/h12-16,19H,2-11H2,1H3. The summed E-state index contributed by atoms with van der Waals surface area (Å²) in [6.45, 7) is 3.51. The molecule has 0 amide bonds. The van der Waals surface area contributed by atoms with E-state index in [2.05, 4.69) is 34.3 Å². The van der Waals surface area contributed by atoms with Gasteiger partial charge in [0, 0.05) is 18.3 Å². The summed E-state index contributed by atoms with van der Waals surface area (Å²) in [4.78, 5) is 4.48. The highest BCUT2D eigenvalue weighted by Gasteiger charge is 2.27. The SMILES string of the molecule is CCC(C1CCCCC1)n1cncc1C1CCCCN1. The van der Waals surface area contributed by atoms with Crippen molar-refractivity contribution in [2.24, 2.45) is 5.92 Å². The summed E-state index contributed by atoms with van der Waals surface area (Å²) in [6.07, 6.45) is 16.5. The van der Waals surface area contributed by atoms with Crippen LogP contribution in [0.4, 0.5) is 0 Å². The van der Waals surface area contributed by atoms with Gasteiger partial charge in [0.2, 0.25) is 0 Å². The van der Waals surface area contributed by atoms with E-state index in [4.69, 9.17) is 0 Å². The van der Waals surface area contributed by atoms with Gasteiger partial charge < -0.3 is 9.88 Å². The quantitative estimate of drug-likeness (QED) is 0.891. The molecule has 1 aromatic heterocycles. The number of hydrogen-bond donors (Lipinski definition) is 1. The highest BCUT2D eigenvalue weighted by Crippen LogP contribution is 2.37. The monoisotopic (exact) mass is 275 g/mol. The maximum atomic E-state index is 4.48. The molecule has 0 radical (unpaired) electrons. The number of nitrogens with one attached hydrogen (secondary N) is 1. The molecule has 2 heterocycles. The van der Waals surface area contributed by atoms with E-state index in [1.807, 2.05) is 0 Å². The molecule has 20 heavy (non-hydrogen) atoms. The molecule has 1 N–H and O–H groups in total. The van der Waals surface area contributed by atoms with Crippen LogP contribution in [0.2, 0.25) is 0 Å². The fraction of sp³-hybridized carbons (Fsp3) is 0.824. The number of hydrogen-bond acceptors (Lipinski definition) is 2. The highest BCUT2D eigenvalue weighted by atomic mass is 15.1. The van der Waals surface area contributed by atoms with Gasteiger partial charge in [0.15, 0.2) is 0 Å². The number of piperidine rings is 1. The Balaban J connectivity index is 1.78. The van der Waals surface area contributed by atoms with Crippen LogP contribution in [0.3, 0.4) is 0 Å². The van der Waals surface area contributed by atoms with E-state index in [1.165, 1.54) is 63.5 Å². The molecule has 0 spiro atoms. The van der Waals surface area contributed by atoms with E-state index >= 15 is 0 Å². The van der Waals surface area contributed by atoms with Gasteiger partial charge in [-0.25, -0.2) is 4.98 Å². The summed E-state index contributed by atoms with van der Waals surface area (Å²) in [6, 6.07) is 1.19. The Bertz CT molecular complexity index is 400. The zero-order valence-electron chi connectivity index (χ0n) is 12.9. The Hall–Kier alpha value is -0.830. The van der Waals surface area contributed by atoms with E-state index in [1.54, 1.807) is 0 Å². The van der Waals surface area contributed by atoms with Crippen LogP contribution < -0.4 is 5.32 Å². The van der Waals surface area contributed by atoms with Gasteiger partial charge in [-0.3, -0.25) is 0 Å². The van der Waals surface area contributed by atoms with Gasteiger partial charge in [-0.05, 0) is 44.6 Å². The smallest absolute Gasteiger partial charge is 0.0951 e. The van der Waals surface area contributed by atoms with Gasteiger partial charge >= 0.3 is 0 Å². The van der Waals surface area contributed by atoms with Crippen molar-refractivity contribution in [1.82, 2.24) is 14.9 Å². The largest absolute Gasteiger partial charge is 0.330 e. The Morgan fingerprint density at radius 1 is 1.20 bits per heavy atom. The molecule has 1 saturated carbocycles. The molecule has 1 aromatic rings. The van der Waals surface area contributed by atoms with E-state index < -0.39 is 0 Å². The Morgan fingerprint density at radius 2 is 2.00 bits per heavy atom. The molecule has 2 aliphatic rings. The number of nitrogens with zero attached hydrogens (tertiary/aromatic N) is 2. The molecule has 0 aromatic carbocycles. The van der Waals surface area contributed by atoms with Gasteiger partial charge in [0.1, 0.15) is 0 Å². The second-order valence-electron chi connectivity index (χ2n) is 6.60. The molecular weight excluding hydrogens is 246 g/mol. The third-order valence-corrected chi connectivity index (χ3v) is 5.33. The van der Waals surface area contributed by atoms with Gasteiger partial charge in [0.25, 0.3) is 0 Å². The molecule has 1 saturated heterocycles. The van der Waals surface area contributed by atoms with Crippen molar-refractivity contribution in [3.63, 3.8) is 0 Å². The number of aromatic nitrogens is 2. The van der Waals surface area contributed by atoms with Crippen molar-refractivity contribution in [2.45, 2.75) is 76.8 Å². The minimum atomic E-state index is 0.531. The lowest BCUT2D eigenvalue weighted by molar-refractivity contribution is 0.233. The van der Waals surface area contributed by atoms with Crippen LogP contribution in [0.25, 0.3) is 0 Å². The zero-order valence-corrected chi connectivity index (χ0v) is 12.9. The predicted molar refractivity (Wildman–Crippen MR) is 82.7 cm³/mol. The van der Waals surface area contributed by atoms with Crippen LogP contribution in [-0.4, -0.2) is 16.1 Å². The molecule has 3 heteroatoms. The molecule has 1 aliphatic carbocycles. The topological polar surface area (TPSA) is 29.9 Å². The number of imidazole rings is 1. The summed E-state index contributed by atoms with van der Waals surface area (Å²) in [5.74, 6) is 0.866. The van der Waals surface area contributed by atoms with E-state index in [-0.39, 0.29) is 0 Å². The van der Waals surface area contributed by atoms with Crippen molar-refractivity contribution >= 4 is 0 Å². The van der Waals surface area contributed by atoms with Crippen molar-refractivity contribution < 1.29 is 0 Å². The third-order valence-electron chi connectivity index (χ3n) is 5.33. The van der Waals surface area contributed by atoms with Crippen molar-refractivity contribution in [1.29, 1.82) is 0 Å². The molecule has 0 bridgehead atoms. The van der Waals surface area contributed by atoms with Gasteiger partial charge in [-0.2, -0.15) is 0 Å². The van der Waals surface area contributed by atoms with Crippen LogP contribution in [0, 0.1) is 5.92 Å². The van der Waals surface area contributed by atoms with E-state index in [0.717, 1.165) is 12.5 Å². The van der Waals surface area contributed by atoms with E-state index in [0.29, 0.717) is 12.1 Å². The minimum absolute atomic E-state index is 0.531. The van der Waals surface area contributed by atoms with Gasteiger partial charge in [-0.1, -0.05) is 32.6 Å². The lowest BCUT2D eigenvalue weighted by Gasteiger charge is -2.33. The zero-order chi connectivity index (χ0) is 13.8. The van der Waals surface area contributed by atoms with Crippen LogP contribution in [0.15, 0.2) is 12.5 Å². The summed E-state index contributed by atoms with van der Waals surface area (Å²) >= 11 is 0. The average molecular weight is 275 g/mol. The van der Waals surface area contributed by atoms with Gasteiger partial charge in [-0.15, -0.1) is 0 Å². The maximum Gasteiger partial charge on any atom is 0.0951 e. The van der Waals surface area contributed by atoms with Crippen molar-refractivity contribution in [3.05, 3.63) is 18.2 Å². The van der Waals surface area contributed by atoms with E-state index in [9.17, 15) is 0 Å². The summed E-state index contributed by atoms with van der Waals surface area (Å²) < 4.78 is 2.51. The average Bonchev–Trinajstić information content (AvgIpc) is 2.99. The molecule has 2 unspecified atom stereocenters. The first-order valence-electron chi connectivity index (χ1n) is 8.65. The Labute approximate surface area is 123 Å². The molecule has 3 nitrogen and oxygen atoms in total. The summed E-state index contributed by atoms with van der Waals surface area (Å²) in [5.41, 5.74) is 1.43. The van der Waals surface area contributed by atoms with Crippen LogP contribution in [-0.2, 0) is 0 Å². The second-order valence-corrected chi connectivity index (χ2v) is 6.60. The maximum absolute atomic E-state index is 4.48. The minimum Gasteiger partial charge on any atom is -0.330 e. The third kappa shape index (κ3) is 2.93. The van der Waals surface area contributed by atoms with Crippen LogP contribution >= 0.6 is 0 Å². The normalized spacial score (nSPS) is 26.6. The Kier molecular flexibility index (Phi) is 4.77. The second kappa shape index (κ2) is 6.75. The first-order valence-corrected chi connectivity index (χ1v) is 8.65. The molecule has 2 fully saturated rings. The predicted octanol–water partition coefficient (Wildman–Crippen LogP) is 4.23. The summed E-state index contributed by atoms with van der Waals surface area (Å²) in [7, 11) is 0. The molecule has 1 aliphatic heterocycles. The lowest BCUT2D eigenvalue weighted by atomic mass is 9.82. The fourth-order valence-electron chi connectivity index (χ4n) is 4.24. The molecular formula is C17H29N3. The molecule has 3 rings (SSSR count). The highest BCUT2D eigenvalue weighted by molar-refractivity contribution is 5.08. The first kappa shape index (κ1) is 14.1. The Morgan fingerprint density at radius 3 is 2.70 bits per heavy atom. The lowest BCUT2D eigenvalue weighted by Crippen LogP contribution is -2.30. The van der Waals surface area contributed by atoms with Crippen LogP contribution in [0.5, 0.6) is 0 Å². The first-order chi connectivity index (χ1) is 9.90. The van der Waals surface area contributed by atoms with Crippen LogP contribution in [0.1, 0.15) is 82.5 Å². The molecule has 112 valence electrons. The summed E-state index contributed by atoms with van der Waals surface area (Å²) in [5, 5.41) is 3.68. The van der Waals surface area contributed by atoms with Crippen molar-refractivity contribution in [2.75, 3.05) is 6.54 Å². The molecule has 2 atom stereocenters. The number of rotatable bonds is 4. The van der Waals surface area contributed by atoms with Crippen molar-refractivity contribution in [3.8, 4) is 0 Å². The van der Waals surface area contributed by atoms with Gasteiger partial charge in [0.05, 0.1) is 12.0 Å². The fourth-order valence-corrected chi connectivity index (χ4v) is 4.24.